The highest BCUT2D eigenvalue weighted by Gasteiger charge is 2.64. The Kier molecular flexibility index (Phi) is 6.57. The monoisotopic (exact) mass is 402 g/mol. The molecule has 0 fully saturated rings. The molecule has 1 aromatic carbocycles. The maximum absolute atomic E-state index is 13.7. The van der Waals surface area contributed by atoms with E-state index >= 15 is 0 Å². The van der Waals surface area contributed by atoms with Gasteiger partial charge >= 0.3 is 30.1 Å². The predicted molar refractivity (Wildman–Crippen MR) is 80.6 cm³/mol. The maximum Gasteiger partial charge on any atom is 0.442 e. The van der Waals surface area contributed by atoms with Crippen molar-refractivity contribution in [1.82, 2.24) is 5.32 Å². The number of nitrogens with one attached hydrogen (secondary N) is 2. The Labute approximate surface area is 149 Å². The fraction of sp³-hybridized carbons (Fsp3) is 0.467. The molecule has 1 aromatic rings. The minimum atomic E-state index is -5.50. The van der Waals surface area contributed by atoms with Crippen LogP contribution in [-0.2, 0) is 20.4 Å². The van der Waals surface area contributed by atoms with Crippen LogP contribution in [0.1, 0.15) is 19.4 Å². The molecule has 1 rings (SSSR count). The van der Waals surface area contributed by atoms with Crippen LogP contribution in [0.2, 0.25) is 0 Å². The summed E-state index contributed by atoms with van der Waals surface area (Å²) in [6.45, 7) is 2.68. The van der Waals surface area contributed by atoms with E-state index in [1.165, 1.54) is 19.2 Å². The maximum atomic E-state index is 13.7. The summed E-state index contributed by atoms with van der Waals surface area (Å²) < 4.78 is 88.0. The Bertz CT molecular complexity index is 690. The number of esters is 1. The molecule has 1 unspecified atom stereocenters. The molecule has 0 spiro atoms. The van der Waals surface area contributed by atoms with Crippen molar-refractivity contribution in [3.8, 4) is 0 Å². The van der Waals surface area contributed by atoms with Crippen molar-refractivity contribution >= 4 is 17.7 Å². The van der Waals surface area contributed by atoms with Crippen LogP contribution in [-0.4, -0.2) is 37.1 Å². The predicted octanol–water partition coefficient (Wildman–Crippen LogP) is 3.68. The van der Waals surface area contributed by atoms with Gasteiger partial charge in [-0.05, 0) is 32.0 Å². The van der Waals surface area contributed by atoms with Gasteiger partial charge in [0.25, 0.3) is 0 Å². The van der Waals surface area contributed by atoms with Crippen LogP contribution >= 0.6 is 0 Å². The second-order valence-electron chi connectivity index (χ2n) is 5.52. The lowest BCUT2D eigenvalue weighted by Crippen LogP contribution is -2.69. The number of rotatable bonds is 5. The number of carbonyl (C=O) groups is 2. The Hall–Kier alpha value is -2.66. The van der Waals surface area contributed by atoms with Crippen molar-refractivity contribution in [3.63, 3.8) is 0 Å². The second-order valence-corrected chi connectivity index (χ2v) is 5.52. The fourth-order valence-corrected chi connectivity index (χ4v) is 1.93. The molecule has 0 bridgehead atoms. The number of anilines is 1. The molecule has 0 aliphatic carbocycles. The highest BCUT2D eigenvalue weighted by molar-refractivity contribution is 5.89. The van der Waals surface area contributed by atoms with Crippen molar-refractivity contribution in [1.29, 1.82) is 0 Å². The third kappa shape index (κ3) is 5.41. The largest absolute Gasteiger partial charge is 0.466 e. The molecule has 0 aromatic heterocycles. The van der Waals surface area contributed by atoms with Gasteiger partial charge in [-0.3, -0.25) is 5.32 Å². The number of carbonyl (C=O) groups excluding carboxylic acids is 2. The molecule has 27 heavy (non-hydrogen) atoms. The number of alkyl halides is 6. The van der Waals surface area contributed by atoms with Gasteiger partial charge in [0.15, 0.2) is 0 Å². The third-order valence-corrected chi connectivity index (χ3v) is 3.07. The molecule has 6 nitrogen and oxygen atoms in total. The van der Waals surface area contributed by atoms with Gasteiger partial charge in [-0.25, -0.2) is 9.59 Å². The molecule has 2 N–H and O–H groups in total. The van der Waals surface area contributed by atoms with Crippen LogP contribution in [0.25, 0.3) is 0 Å². The van der Waals surface area contributed by atoms with Gasteiger partial charge in [0.05, 0.1) is 18.8 Å². The zero-order valence-electron chi connectivity index (χ0n) is 14.3. The van der Waals surface area contributed by atoms with E-state index in [0.717, 1.165) is 12.1 Å². The molecule has 0 radical (unpaired) electrons. The summed E-state index contributed by atoms with van der Waals surface area (Å²) in [6.07, 6.45) is -12.8. The van der Waals surface area contributed by atoms with E-state index < -0.39 is 47.4 Å². The van der Waals surface area contributed by atoms with Crippen LogP contribution in [0.15, 0.2) is 24.3 Å². The first-order valence-corrected chi connectivity index (χ1v) is 7.32. The van der Waals surface area contributed by atoms with Crippen molar-refractivity contribution < 1.29 is 45.4 Å². The summed E-state index contributed by atoms with van der Waals surface area (Å²) in [7, 11) is 0.617. The van der Waals surface area contributed by atoms with Gasteiger partial charge in [-0.2, -0.15) is 26.3 Å². The van der Waals surface area contributed by atoms with Crippen LogP contribution in [0, 0.1) is 0 Å². The van der Waals surface area contributed by atoms with Crippen molar-refractivity contribution in [2.75, 3.05) is 12.4 Å². The minimum absolute atomic E-state index is 0.346. The van der Waals surface area contributed by atoms with E-state index in [0.29, 0.717) is 19.2 Å². The van der Waals surface area contributed by atoms with Gasteiger partial charge < -0.3 is 14.8 Å². The summed E-state index contributed by atoms with van der Waals surface area (Å²) in [5.41, 5.74) is -5.88. The van der Waals surface area contributed by atoms with Crippen LogP contribution in [0.5, 0.6) is 0 Å². The third-order valence-electron chi connectivity index (χ3n) is 3.07. The molecule has 0 heterocycles. The van der Waals surface area contributed by atoms with Crippen molar-refractivity contribution in [2.45, 2.75) is 38.0 Å². The standard InChI is InChI=1S/C15H16F6N2O4/c1-8(2)27-12(25)23-13(11(24)26-3,15(19,20)21)22-10-6-4-5-9(7-10)14(16,17)18/h4-8,22H,1-3H3,(H,23,25). The van der Waals surface area contributed by atoms with Gasteiger partial charge in [-0.1, -0.05) is 6.07 Å². The highest BCUT2D eigenvalue weighted by atomic mass is 19.4. The first-order chi connectivity index (χ1) is 12.2. The number of hydrogen-bond acceptors (Lipinski definition) is 5. The van der Waals surface area contributed by atoms with E-state index in [4.69, 9.17) is 0 Å². The number of hydrogen-bond donors (Lipinski definition) is 2. The fourth-order valence-electron chi connectivity index (χ4n) is 1.93. The van der Waals surface area contributed by atoms with E-state index in [1.807, 2.05) is 0 Å². The number of benzene rings is 1. The summed E-state index contributed by atoms with van der Waals surface area (Å²) in [6, 6.07) is 2.65. The smallest absolute Gasteiger partial charge is 0.442 e. The quantitative estimate of drug-likeness (QED) is 0.446. The summed E-state index contributed by atoms with van der Waals surface area (Å²) in [4.78, 5) is 23.6. The average molecular weight is 402 g/mol. The zero-order chi connectivity index (χ0) is 21.0. The Balaban J connectivity index is 3.41. The van der Waals surface area contributed by atoms with Gasteiger partial charge in [0.1, 0.15) is 0 Å². The lowest BCUT2D eigenvalue weighted by Gasteiger charge is -2.34. The molecule has 0 aliphatic heterocycles. The number of amides is 1. The Morgan fingerprint density at radius 3 is 2.11 bits per heavy atom. The van der Waals surface area contributed by atoms with Crippen LogP contribution in [0.3, 0.4) is 0 Å². The topological polar surface area (TPSA) is 76.7 Å². The lowest BCUT2D eigenvalue weighted by molar-refractivity contribution is -0.204. The van der Waals surface area contributed by atoms with E-state index in [2.05, 4.69) is 9.47 Å². The molecular formula is C15H16F6N2O4. The second kappa shape index (κ2) is 7.92. The van der Waals surface area contributed by atoms with Crippen molar-refractivity contribution in [2.24, 2.45) is 0 Å². The van der Waals surface area contributed by atoms with Crippen molar-refractivity contribution in [3.05, 3.63) is 29.8 Å². The van der Waals surface area contributed by atoms with E-state index in [-0.39, 0.29) is 0 Å². The summed E-state index contributed by atoms with van der Waals surface area (Å²) in [5, 5.41) is 2.89. The molecule has 0 aliphatic rings. The number of methoxy groups -OCH3 is 1. The summed E-state index contributed by atoms with van der Waals surface area (Å²) >= 11 is 0. The zero-order valence-corrected chi connectivity index (χ0v) is 14.3. The molecule has 0 saturated heterocycles. The number of halogens is 6. The molecule has 0 saturated carbocycles. The van der Waals surface area contributed by atoms with Gasteiger partial charge in [0, 0.05) is 5.69 Å². The van der Waals surface area contributed by atoms with Gasteiger partial charge in [0.2, 0.25) is 0 Å². The van der Waals surface area contributed by atoms with Crippen LogP contribution < -0.4 is 10.6 Å². The normalized spacial score (nSPS) is 14.3. The molecule has 12 heteroatoms. The molecule has 1 amide bonds. The Morgan fingerprint density at radius 1 is 1.07 bits per heavy atom. The van der Waals surface area contributed by atoms with E-state index in [9.17, 15) is 35.9 Å². The SMILES string of the molecule is COC(=O)C(NC(=O)OC(C)C)(Nc1cccc(C(F)(F)F)c1)C(F)(F)F. The first kappa shape index (κ1) is 22.4. The summed E-state index contributed by atoms with van der Waals surface area (Å²) in [5.74, 6) is -2.01. The lowest BCUT2D eigenvalue weighted by atomic mass is 10.1. The van der Waals surface area contributed by atoms with Gasteiger partial charge in [-0.15, -0.1) is 0 Å². The number of alkyl carbamates (subject to hydrolysis) is 1. The number of ether oxygens (including phenoxy) is 2. The van der Waals surface area contributed by atoms with E-state index in [1.54, 1.807) is 5.32 Å². The highest BCUT2D eigenvalue weighted by Crippen LogP contribution is 2.35. The first-order valence-electron chi connectivity index (χ1n) is 7.32. The molecular weight excluding hydrogens is 386 g/mol. The molecule has 152 valence electrons. The van der Waals surface area contributed by atoms with Crippen LogP contribution in [0.4, 0.5) is 36.8 Å². The Morgan fingerprint density at radius 2 is 1.67 bits per heavy atom. The minimum Gasteiger partial charge on any atom is -0.466 e. The average Bonchev–Trinajstić information content (AvgIpc) is 2.51. The molecule has 1 atom stereocenters.